The van der Waals surface area contributed by atoms with Crippen LogP contribution in [-0.4, -0.2) is 55.4 Å². The molecule has 1 aliphatic heterocycles. The van der Waals surface area contributed by atoms with Crippen LogP contribution in [0.25, 0.3) is 0 Å². The third kappa shape index (κ3) is 3.92. The molecule has 0 aromatic carbocycles. The molecule has 1 aliphatic rings. The lowest BCUT2D eigenvalue weighted by Gasteiger charge is -2.35. The number of nitrogens with zero attached hydrogens (tertiary/aromatic N) is 2. The molecule has 1 heterocycles. The smallest absolute Gasteiger partial charge is 0.138 e. The largest absolute Gasteiger partial charge is 0.309 e. The molecule has 2 atom stereocenters. The van der Waals surface area contributed by atoms with Crippen molar-refractivity contribution in [1.82, 2.24) is 9.80 Å². The fraction of sp³-hybridized carbons (Fsp3) is 0.917. The lowest BCUT2D eigenvalue weighted by Crippen LogP contribution is -2.45. The summed E-state index contributed by atoms with van der Waals surface area (Å²) in [5.41, 5.74) is 0. The molecule has 3 nitrogen and oxygen atoms in total. The van der Waals surface area contributed by atoms with Crippen molar-refractivity contribution in [2.24, 2.45) is 5.92 Å². The van der Waals surface area contributed by atoms with Gasteiger partial charge in [0.25, 0.3) is 0 Å². The summed E-state index contributed by atoms with van der Waals surface area (Å²) in [5.74, 6) is 0.673. The van der Waals surface area contributed by atoms with Crippen molar-refractivity contribution in [3.63, 3.8) is 0 Å². The van der Waals surface area contributed by atoms with Crippen LogP contribution in [0.4, 0.5) is 0 Å². The number of hydrogen-bond acceptors (Lipinski definition) is 3. The maximum absolute atomic E-state index is 11.4. The highest BCUT2D eigenvalue weighted by Crippen LogP contribution is 2.16. The summed E-state index contributed by atoms with van der Waals surface area (Å²) in [7, 11) is 4.21. The van der Waals surface area contributed by atoms with Crippen molar-refractivity contribution in [3.05, 3.63) is 0 Å². The molecule has 0 aromatic rings. The molecule has 2 unspecified atom stereocenters. The molecule has 0 aliphatic carbocycles. The predicted molar refractivity (Wildman–Crippen MR) is 63.0 cm³/mol. The number of hydrogen-bond donors (Lipinski definition) is 0. The van der Waals surface area contributed by atoms with E-state index in [4.69, 9.17) is 0 Å². The van der Waals surface area contributed by atoms with Crippen LogP contribution in [0.3, 0.4) is 0 Å². The van der Waals surface area contributed by atoms with Crippen molar-refractivity contribution in [3.8, 4) is 0 Å². The molecule has 3 heteroatoms. The molecule has 15 heavy (non-hydrogen) atoms. The van der Waals surface area contributed by atoms with E-state index in [0.717, 1.165) is 26.1 Å². The number of carbonyl (C=O) groups is 1. The highest BCUT2D eigenvalue weighted by atomic mass is 16.1. The maximum atomic E-state index is 11.4. The van der Waals surface area contributed by atoms with Crippen LogP contribution < -0.4 is 0 Å². The first-order valence-corrected chi connectivity index (χ1v) is 5.92. The average Bonchev–Trinajstić information content (AvgIpc) is 2.18. The summed E-state index contributed by atoms with van der Waals surface area (Å²) in [6, 6.07) is 0.600. The highest BCUT2D eigenvalue weighted by Gasteiger charge is 2.26. The van der Waals surface area contributed by atoms with Gasteiger partial charge < -0.3 is 4.90 Å². The zero-order chi connectivity index (χ0) is 11.4. The van der Waals surface area contributed by atoms with E-state index in [1.807, 2.05) is 6.92 Å². The van der Waals surface area contributed by atoms with E-state index in [2.05, 4.69) is 30.8 Å². The number of piperidine rings is 1. The van der Waals surface area contributed by atoms with Gasteiger partial charge in [0, 0.05) is 31.5 Å². The van der Waals surface area contributed by atoms with Crippen LogP contribution in [0.2, 0.25) is 0 Å². The van der Waals surface area contributed by atoms with Crippen LogP contribution in [0.5, 0.6) is 0 Å². The molecule has 0 spiro atoms. The standard InChI is InChI=1S/C12H24N2O/c1-10-9-14(8-6-12(10)15)11(2)5-7-13(3)4/h10-11H,5-9H2,1-4H3. The number of ketones is 1. The van der Waals surface area contributed by atoms with Gasteiger partial charge >= 0.3 is 0 Å². The molecule has 0 amide bonds. The molecule has 0 saturated carbocycles. The Labute approximate surface area is 93.4 Å². The second-order valence-electron chi connectivity index (χ2n) is 5.05. The third-order valence-electron chi connectivity index (χ3n) is 3.32. The van der Waals surface area contributed by atoms with Crippen molar-refractivity contribution < 1.29 is 4.79 Å². The van der Waals surface area contributed by atoms with Crippen LogP contribution in [0.1, 0.15) is 26.7 Å². The quantitative estimate of drug-likeness (QED) is 0.700. The zero-order valence-corrected chi connectivity index (χ0v) is 10.5. The predicted octanol–water partition coefficient (Wildman–Crippen LogP) is 1.24. The summed E-state index contributed by atoms with van der Waals surface area (Å²) in [5, 5.41) is 0. The van der Waals surface area contributed by atoms with E-state index in [1.54, 1.807) is 0 Å². The molecule has 0 bridgehead atoms. The minimum absolute atomic E-state index is 0.237. The second-order valence-corrected chi connectivity index (χ2v) is 5.05. The minimum atomic E-state index is 0.237. The van der Waals surface area contributed by atoms with Gasteiger partial charge in [-0.1, -0.05) is 6.92 Å². The van der Waals surface area contributed by atoms with Gasteiger partial charge in [-0.25, -0.2) is 0 Å². The van der Waals surface area contributed by atoms with Gasteiger partial charge in [0.1, 0.15) is 5.78 Å². The van der Waals surface area contributed by atoms with Crippen molar-refractivity contribution >= 4 is 5.78 Å². The van der Waals surface area contributed by atoms with Crippen molar-refractivity contribution in [1.29, 1.82) is 0 Å². The van der Waals surface area contributed by atoms with E-state index in [9.17, 15) is 4.79 Å². The maximum Gasteiger partial charge on any atom is 0.138 e. The second kappa shape index (κ2) is 5.61. The summed E-state index contributed by atoms with van der Waals surface area (Å²) >= 11 is 0. The van der Waals surface area contributed by atoms with Gasteiger partial charge in [-0.2, -0.15) is 0 Å². The van der Waals surface area contributed by atoms with Gasteiger partial charge in [0.2, 0.25) is 0 Å². The summed E-state index contributed by atoms with van der Waals surface area (Å²) in [4.78, 5) is 16.1. The van der Waals surface area contributed by atoms with Gasteiger partial charge in [-0.05, 0) is 34.0 Å². The highest BCUT2D eigenvalue weighted by molar-refractivity contribution is 5.81. The van der Waals surface area contributed by atoms with Crippen molar-refractivity contribution in [2.75, 3.05) is 33.7 Å². The Kier molecular flexibility index (Phi) is 4.74. The van der Waals surface area contributed by atoms with Crippen LogP contribution >= 0.6 is 0 Å². The molecular weight excluding hydrogens is 188 g/mol. The molecule has 1 rings (SSSR count). The summed E-state index contributed by atoms with van der Waals surface area (Å²) < 4.78 is 0. The SMILES string of the molecule is CC1CN(C(C)CCN(C)C)CCC1=O. The lowest BCUT2D eigenvalue weighted by molar-refractivity contribution is -0.126. The monoisotopic (exact) mass is 212 g/mol. The Bertz CT molecular complexity index is 216. The Morgan fingerprint density at radius 1 is 1.53 bits per heavy atom. The fourth-order valence-electron chi connectivity index (χ4n) is 2.07. The Balaban J connectivity index is 2.33. The van der Waals surface area contributed by atoms with E-state index < -0.39 is 0 Å². The first kappa shape index (κ1) is 12.7. The van der Waals surface area contributed by atoms with Gasteiger partial charge in [-0.15, -0.1) is 0 Å². The number of rotatable bonds is 4. The molecule has 88 valence electrons. The number of Topliss-reactive ketones (excluding diaryl/α,β-unsaturated/α-hetero) is 1. The first-order chi connectivity index (χ1) is 7.00. The summed E-state index contributed by atoms with van der Waals surface area (Å²) in [6.45, 7) is 7.35. The van der Waals surface area contributed by atoms with Gasteiger partial charge in [0.15, 0.2) is 0 Å². The first-order valence-electron chi connectivity index (χ1n) is 5.92. The lowest BCUT2D eigenvalue weighted by atomic mass is 9.97. The van der Waals surface area contributed by atoms with E-state index in [1.165, 1.54) is 6.42 Å². The minimum Gasteiger partial charge on any atom is -0.309 e. The van der Waals surface area contributed by atoms with E-state index in [0.29, 0.717) is 11.8 Å². The van der Waals surface area contributed by atoms with E-state index >= 15 is 0 Å². The molecule has 0 aromatic heterocycles. The number of likely N-dealkylation sites (tertiary alicyclic amines) is 1. The Morgan fingerprint density at radius 3 is 2.73 bits per heavy atom. The molecule has 0 radical (unpaired) electrons. The van der Waals surface area contributed by atoms with Crippen LogP contribution in [-0.2, 0) is 4.79 Å². The Morgan fingerprint density at radius 2 is 2.20 bits per heavy atom. The zero-order valence-electron chi connectivity index (χ0n) is 10.5. The molecular formula is C12H24N2O. The van der Waals surface area contributed by atoms with Gasteiger partial charge in [0.05, 0.1) is 0 Å². The van der Waals surface area contributed by atoms with Crippen molar-refractivity contribution in [2.45, 2.75) is 32.7 Å². The molecule has 1 fully saturated rings. The van der Waals surface area contributed by atoms with E-state index in [-0.39, 0.29) is 5.92 Å². The summed E-state index contributed by atoms with van der Waals surface area (Å²) in [6.07, 6.45) is 1.93. The normalized spacial score (nSPS) is 25.9. The fourth-order valence-corrected chi connectivity index (χ4v) is 2.07. The molecule has 0 N–H and O–H groups in total. The third-order valence-corrected chi connectivity index (χ3v) is 3.32. The van der Waals surface area contributed by atoms with Gasteiger partial charge in [-0.3, -0.25) is 9.69 Å². The average molecular weight is 212 g/mol. The Hall–Kier alpha value is -0.410. The molecule has 1 saturated heterocycles. The topological polar surface area (TPSA) is 23.6 Å². The van der Waals surface area contributed by atoms with Crippen LogP contribution in [0.15, 0.2) is 0 Å². The van der Waals surface area contributed by atoms with Crippen LogP contribution in [0, 0.1) is 5.92 Å². The number of carbonyl (C=O) groups excluding carboxylic acids is 1.